The molecule has 1 aliphatic heterocycles. The normalized spacial score (nSPS) is 21.4. The number of hydrogen-bond donors (Lipinski definition) is 2. The number of carbonyl (C=O) groups excluding carboxylic acids is 1. The average molecular weight is 324 g/mol. The molecule has 2 aromatic heterocycles. The Balaban J connectivity index is 1.91. The zero-order valence-corrected chi connectivity index (χ0v) is 12.3. The van der Waals surface area contributed by atoms with E-state index >= 15 is 0 Å². The van der Waals surface area contributed by atoms with Gasteiger partial charge in [-0.2, -0.15) is 5.26 Å². The molecule has 2 atom stereocenters. The zero-order valence-electron chi connectivity index (χ0n) is 10.8. The van der Waals surface area contributed by atoms with Gasteiger partial charge in [0.15, 0.2) is 10.8 Å². The number of fused-ring (bicyclic) bond motifs is 1. The smallest absolute Gasteiger partial charge is 0.271 e. The molecule has 108 valence electrons. The summed E-state index contributed by atoms with van der Waals surface area (Å²) in [7, 11) is 0. The first-order chi connectivity index (χ1) is 10.1. The predicted octanol–water partition coefficient (Wildman–Crippen LogP) is 1.48. The molecule has 2 aromatic rings. The molecule has 0 saturated carbocycles. The van der Waals surface area contributed by atoms with Gasteiger partial charge in [0.1, 0.15) is 5.65 Å². The minimum Gasteiger partial charge on any atom is -0.345 e. The minimum atomic E-state index is -0.358. The third-order valence-electron chi connectivity index (χ3n) is 3.46. The van der Waals surface area contributed by atoms with E-state index in [0.29, 0.717) is 23.8 Å². The van der Waals surface area contributed by atoms with E-state index in [2.05, 4.69) is 21.7 Å². The van der Waals surface area contributed by atoms with E-state index in [4.69, 9.17) is 28.5 Å². The Morgan fingerprint density at radius 3 is 3.10 bits per heavy atom. The van der Waals surface area contributed by atoms with Gasteiger partial charge in [-0.1, -0.05) is 23.2 Å². The fourth-order valence-corrected chi connectivity index (χ4v) is 2.81. The van der Waals surface area contributed by atoms with Crippen LogP contribution in [0.15, 0.2) is 18.3 Å². The van der Waals surface area contributed by atoms with Crippen LogP contribution in [0.25, 0.3) is 5.65 Å². The number of imidazole rings is 1. The zero-order chi connectivity index (χ0) is 15.0. The van der Waals surface area contributed by atoms with Crippen LogP contribution < -0.4 is 10.6 Å². The lowest BCUT2D eigenvalue weighted by atomic mass is 10.1. The topological polar surface area (TPSA) is 82.2 Å². The molecule has 6 nitrogen and oxygen atoms in total. The molecule has 0 aliphatic carbocycles. The van der Waals surface area contributed by atoms with Crippen LogP contribution in [-0.4, -0.2) is 34.4 Å². The molecule has 3 heterocycles. The monoisotopic (exact) mass is 323 g/mol. The number of carbonyl (C=O) groups is 1. The Labute approximate surface area is 130 Å². The summed E-state index contributed by atoms with van der Waals surface area (Å²) >= 11 is 11.9. The van der Waals surface area contributed by atoms with Gasteiger partial charge < -0.3 is 10.6 Å². The maximum absolute atomic E-state index is 12.4. The number of aromatic nitrogens is 2. The molecule has 1 saturated heterocycles. The quantitative estimate of drug-likeness (QED) is 0.877. The van der Waals surface area contributed by atoms with Gasteiger partial charge in [-0.15, -0.1) is 0 Å². The Kier molecular flexibility index (Phi) is 3.72. The van der Waals surface area contributed by atoms with Crippen LogP contribution in [0.5, 0.6) is 0 Å². The lowest BCUT2D eigenvalue weighted by molar-refractivity contribution is 0.0930. The number of nitrogens with one attached hydrogen (secondary N) is 2. The van der Waals surface area contributed by atoms with Crippen molar-refractivity contribution in [3.05, 3.63) is 34.2 Å². The van der Waals surface area contributed by atoms with Crippen LogP contribution in [0.4, 0.5) is 0 Å². The minimum absolute atomic E-state index is 0.106. The Morgan fingerprint density at radius 2 is 2.33 bits per heavy atom. The van der Waals surface area contributed by atoms with Gasteiger partial charge in [0.05, 0.1) is 18.0 Å². The summed E-state index contributed by atoms with van der Waals surface area (Å²) in [6.45, 7) is 1.13. The number of hydrogen-bond acceptors (Lipinski definition) is 4. The SMILES string of the molecule is N#CC1CNCC1NC(=O)c1c(Cl)nc2cc(Cl)ccn12. The fraction of sp³-hybridized carbons (Fsp3) is 0.308. The summed E-state index contributed by atoms with van der Waals surface area (Å²) in [5.74, 6) is -0.606. The lowest BCUT2D eigenvalue weighted by Crippen LogP contribution is -2.40. The second kappa shape index (κ2) is 5.53. The largest absolute Gasteiger partial charge is 0.345 e. The van der Waals surface area contributed by atoms with Crippen LogP contribution >= 0.6 is 23.2 Å². The summed E-state index contributed by atoms with van der Waals surface area (Å²) in [5, 5.41) is 15.6. The van der Waals surface area contributed by atoms with E-state index in [1.165, 1.54) is 0 Å². The molecule has 0 aromatic carbocycles. The second-order valence-corrected chi connectivity index (χ2v) is 5.59. The third-order valence-corrected chi connectivity index (χ3v) is 3.96. The van der Waals surface area contributed by atoms with Crippen LogP contribution in [0.3, 0.4) is 0 Å². The first kappa shape index (κ1) is 14.1. The predicted molar refractivity (Wildman–Crippen MR) is 78.4 cm³/mol. The van der Waals surface area contributed by atoms with Crippen molar-refractivity contribution in [2.24, 2.45) is 5.92 Å². The average Bonchev–Trinajstić information content (AvgIpc) is 3.01. The summed E-state index contributed by atoms with van der Waals surface area (Å²) in [4.78, 5) is 16.5. The van der Waals surface area contributed by atoms with Crippen molar-refractivity contribution >= 4 is 34.8 Å². The molecular formula is C13H11Cl2N5O. The maximum Gasteiger partial charge on any atom is 0.271 e. The van der Waals surface area contributed by atoms with Crippen molar-refractivity contribution in [3.8, 4) is 6.07 Å². The lowest BCUT2D eigenvalue weighted by Gasteiger charge is -2.14. The Bertz CT molecular complexity index is 751. The molecule has 2 N–H and O–H groups in total. The summed E-state index contributed by atoms with van der Waals surface area (Å²) in [6.07, 6.45) is 1.64. The molecule has 2 unspecified atom stereocenters. The highest BCUT2D eigenvalue weighted by molar-refractivity contribution is 6.33. The molecule has 1 amide bonds. The van der Waals surface area contributed by atoms with Crippen molar-refractivity contribution in [2.45, 2.75) is 6.04 Å². The highest BCUT2D eigenvalue weighted by Crippen LogP contribution is 2.21. The van der Waals surface area contributed by atoms with E-state index in [1.807, 2.05) is 0 Å². The maximum atomic E-state index is 12.4. The highest BCUT2D eigenvalue weighted by atomic mass is 35.5. The Morgan fingerprint density at radius 1 is 1.52 bits per heavy atom. The standard InChI is InChI=1S/C13H11Cl2N5O/c14-8-1-2-20-10(3-8)19-12(15)11(20)13(21)18-9-6-17-5-7(9)4-16/h1-3,7,9,17H,5-6H2,(H,18,21). The van der Waals surface area contributed by atoms with Crippen LogP contribution in [-0.2, 0) is 0 Å². The molecular weight excluding hydrogens is 313 g/mol. The van der Waals surface area contributed by atoms with Crippen molar-refractivity contribution in [1.82, 2.24) is 20.0 Å². The van der Waals surface area contributed by atoms with Gasteiger partial charge in [-0.25, -0.2) is 4.98 Å². The van der Waals surface area contributed by atoms with Gasteiger partial charge >= 0.3 is 0 Å². The van der Waals surface area contributed by atoms with Gasteiger partial charge in [0, 0.05) is 30.4 Å². The Hall–Kier alpha value is -1.81. The summed E-state index contributed by atoms with van der Waals surface area (Å²) < 4.78 is 1.58. The molecule has 0 spiro atoms. The van der Waals surface area contributed by atoms with E-state index in [-0.39, 0.29) is 28.7 Å². The first-order valence-corrected chi connectivity index (χ1v) is 7.10. The van der Waals surface area contributed by atoms with Crippen molar-refractivity contribution < 1.29 is 4.79 Å². The summed E-state index contributed by atoms with van der Waals surface area (Å²) in [5.41, 5.74) is 0.742. The van der Waals surface area contributed by atoms with Gasteiger partial charge in [-0.3, -0.25) is 9.20 Å². The number of nitrogens with zero attached hydrogens (tertiary/aromatic N) is 3. The molecule has 0 radical (unpaired) electrons. The molecule has 8 heteroatoms. The highest BCUT2D eigenvalue weighted by Gasteiger charge is 2.30. The number of rotatable bonds is 2. The number of halogens is 2. The van der Waals surface area contributed by atoms with E-state index in [9.17, 15) is 4.79 Å². The van der Waals surface area contributed by atoms with Crippen molar-refractivity contribution in [2.75, 3.05) is 13.1 Å². The van der Waals surface area contributed by atoms with E-state index in [1.54, 1.807) is 22.7 Å². The fourth-order valence-electron chi connectivity index (χ4n) is 2.40. The van der Waals surface area contributed by atoms with Crippen LogP contribution in [0.2, 0.25) is 10.2 Å². The van der Waals surface area contributed by atoms with Crippen molar-refractivity contribution in [3.63, 3.8) is 0 Å². The van der Waals surface area contributed by atoms with E-state index in [0.717, 1.165) is 0 Å². The van der Waals surface area contributed by atoms with Crippen LogP contribution in [0, 0.1) is 17.2 Å². The molecule has 21 heavy (non-hydrogen) atoms. The van der Waals surface area contributed by atoms with Gasteiger partial charge in [-0.05, 0) is 6.07 Å². The molecule has 3 rings (SSSR count). The number of amides is 1. The van der Waals surface area contributed by atoms with Gasteiger partial charge in [0.25, 0.3) is 5.91 Å². The number of pyridine rings is 1. The third kappa shape index (κ3) is 2.56. The van der Waals surface area contributed by atoms with Gasteiger partial charge in [0.2, 0.25) is 0 Å². The number of nitriles is 1. The molecule has 0 bridgehead atoms. The second-order valence-electron chi connectivity index (χ2n) is 4.80. The summed E-state index contributed by atoms with van der Waals surface area (Å²) in [6, 6.07) is 5.21. The van der Waals surface area contributed by atoms with Crippen molar-refractivity contribution in [1.29, 1.82) is 5.26 Å². The van der Waals surface area contributed by atoms with Crippen LogP contribution in [0.1, 0.15) is 10.5 Å². The molecule has 1 aliphatic rings. The molecule has 1 fully saturated rings. The first-order valence-electron chi connectivity index (χ1n) is 6.34. The van der Waals surface area contributed by atoms with E-state index < -0.39 is 0 Å².